The van der Waals surface area contributed by atoms with Gasteiger partial charge in [0.15, 0.2) is 0 Å². The molecule has 0 aliphatic carbocycles. The van der Waals surface area contributed by atoms with E-state index >= 15 is 0 Å². The van der Waals surface area contributed by atoms with Gasteiger partial charge in [-0.25, -0.2) is 32.8 Å². The van der Waals surface area contributed by atoms with Crippen molar-refractivity contribution in [3.05, 3.63) is 155 Å². The van der Waals surface area contributed by atoms with E-state index in [4.69, 9.17) is 15.3 Å². The van der Waals surface area contributed by atoms with Crippen LogP contribution in [-0.2, 0) is 0 Å². The number of nitrogens with one attached hydrogen (secondary N) is 3. The number of carbonyl (C=O) groups is 3. The van der Waals surface area contributed by atoms with Gasteiger partial charge in [0.05, 0.1) is 11.4 Å². The molecule has 0 radical (unpaired) electrons. The van der Waals surface area contributed by atoms with Crippen molar-refractivity contribution in [3.8, 4) is 17.1 Å². The highest BCUT2D eigenvalue weighted by Crippen LogP contribution is 2.14. The zero-order valence-electron chi connectivity index (χ0n) is 27.0. The van der Waals surface area contributed by atoms with Crippen molar-refractivity contribution in [3.63, 3.8) is 0 Å². The van der Waals surface area contributed by atoms with Gasteiger partial charge in [-0.2, -0.15) is 0 Å². The number of carboxylic acid groups (broad SMARTS) is 3. The first-order valence-corrected chi connectivity index (χ1v) is 14.6. The number of aromatic amines is 3. The average molecular weight is 687 g/mol. The molecule has 0 atom stereocenters. The zero-order valence-corrected chi connectivity index (χ0v) is 27.0. The topological polar surface area (TPSA) is 225 Å². The maximum atomic E-state index is 13.3. The average Bonchev–Trinajstić information content (AvgIpc) is 3.75. The number of rotatable bonds is 6. The van der Waals surface area contributed by atoms with Crippen molar-refractivity contribution < 1.29 is 34.1 Å². The van der Waals surface area contributed by atoms with E-state index in [1.54, 1.807) is 6.07 Å². The molecule has 3 aromatic carbocycles. The molecule has 6 rings (SSSR count). The largest absolute Gasteiger partial charge is 0.477 e. The number of hydrogen-bond acceptors (Lipinski definition) is 6. The van der Waals surface area contributed by atoms with Crippen molar-refractivity contribution in [2.75, 3.05) is 0 Å². The van der Waals surface area contributed by atoms with E-state index in [0.717, 1.165) is 45.1 Å². The number of hydrogen-bond donors (Lipinski definition) is 6. The molecule has 0 amide bonds. The molecule has 0 spiro atoms. The predicted octanol–water partition coefficient (Wildman–Crippen LogP) is 3.96. The number of aromatic nitrogens is 6. The van der Waals surface area contributed by atoms with Gasteiger partial charge in [-0.3, -0.25) is 29.7 Å². The third-order valence-corrected chi connectivity index (χ3v) is 7.02. The lowest BCUT2D eigenvalue weighted by Crippen LogP contribution is -2.14. The minimum atomic E-state index is -1.27. The van der Waals surface area contributed by atoms with Gasteiger partial charge in [-0.05, 0) is 80.3 Å². The number of nitrogens with zero attached hydrogens (tertiary/aromatic N) is 3. The number of aryl methyl sites for hydroxylation is 4. The maximum absolute atomic E-state index is 13.3. The molecule has 0 aliphatic rings. The summed E-state index contributed by atoms with van der Waals surface area (Å²) in [7, 11) is 0. The van der Waals surface area contributed by atoms with E-state index in [2.05, 4.69) is 15.3 Å². The normalized spacial score (nSPS) is 10.4. The number of H-pyrrole nitrogens is 3. The molecule has 0 saturated carbocycles. The van der Waals surface area contributed by atoms with E-state index < -0.39 is 29.3 Å². The van der Waals surface area contributed by atoms with E-state index in [1.807, 2.05) is 64.1 Å². The summed E-state index contributed by atoms with van der Waals surface area (Å²) < 4.78 is 16.7. The zero-order chi connectivity index (χ0) is 36.9. The Hall–Kier alpha value is -6.97. The van der Waals surface area contributed by atoms with Crippen molar-refractivity contribution >= 4 is 17.9 Å². The molecule has 258 valence electrons. The molecule has 3 aromatic heterocycles. The van der Waals surface area contributed by atoms with Crippen LogP contribution in [0.4, 0.5) is 4.39 Å². The highest BCUT2D eigenvalue weighted by molar-refractivity contribution is 5.86. The van der Waals surface area contributed by atoms with Crippen LogP contribution in [0.1, 0.15) is 53.7 Å². The van der Waals surface area contributed by atoms with Crippen LogP contribution in [0.3, 0.4) is 0 Å². The fraction of sp³-hybridized carbons (Fsp3) is 0.118. The molecule has 15 nitrogen and oxygen atoms in total. The number of aromatic carboxylic acids is 3. The molecule has 0 fully saturated rings. The van der Waals surface area contributed by atoms with Gasteiger partial charge in [0.25, 0.3) is 16.7 Å². The second kappa shape index (κ2) is 14.8. The predicted molar refractivity (Wildman–Crippen MR) is 179 cm³/mol. The molecule has 0 unspecified atom stereocenters. The van der Waals surface area contributed by atoms with Crippen molar-refractivity contribution in [2.45, 2.75) is 27.7 Å². The number of halogens is 1. The number of para-hydroxylation sites is 1. The maximum Gasteiger partial charge on any atom is 0.353 e. The van der Waals surface area contributed by atoms with Crippen LogP contribution in [0.2, 0.25) is 0 Å². The Morgan fingerprint density at radius 3 is 1.44 bits per heavy atom. The summed E-state index contributed by atoms with van der Waals surface area (Å²) in [6, 6.07) is 19.9. The first-order chi connectivity index (χ1) is 23.5. The number of benzene rings is 3. The fourth-order valence-electron chi connectivity index (χ4n) is 4.74. The van der Waals surface area contributed by atoms with Gasteiger partial charge in [0.2, 0.25) is 0 Å². The molecule has 50 heavy (non-hydrogen) atoms. The highest BCUT2D eigenvalue weighted by Gasteiger charge is 2.14. The smallest absolute Gasteiger partial charge is 0.353 e. The molecule has 3 heterocycles. The van der Waals surface area contributed by atoms with Crippen molar-refractivity contribution in [1.29, 1.82) is 0 Å². The molecule has 0 saturated heterocycles. The van der Waals surface area contributed by atoms with E-state index in [0.29, 0.717) is 11.4 Å². The third kappa shape index (κ3) is 8.29. The third-order valence-electron chi connectivity index (χ3n) is 7.02. The van der Waals surface area contributed by atoms with Gasteiger partial charge < -0.3 is 15.3 Å². The second-order valence-corrected chi connectivity index (χ2v) is 11.0. The van der Waals surface area contributed by atoms with Crippen LogP contribution < -0.4 is 16.7 Å². The van der Waals surface area contributed by atoms with Crippen molar-refractivity contribution in [2.24, 2.45) is 0 Å². The minimum absolute atomic E-state index is 0.0139. The van der Waals surface area contributed by atoms with Crippen molar-refractivity contribution in [1.82, 2.24) is 29.3 Å². The Morgan fingerprint density at radius 2 is 0.980 bits per heavy atom. The Balaban J connectivity index is 0.000000169. The first-order valence-electron chi connectivity index (χ1n) is 14.6. The summed E-state index contributed by atoms with van der Waals surface area (Å²) in [5.74, 6) is -4.17. The summed E-state index contributed by atoms with van der Waals surface area (Å²) in [5.41, 5.74) is 3.32. The number of carboxylic acids is 3. The van der Waals surface area contributed by atoms with Gasteiger partial charge in [-0.15, -0.1) is 0 Å². The first kappa shape index (κ1) is 35.9. The Labute approximate surface area is 281 Å². The van der Waals surface area contributed by atoms with Crippen LogP contribution in [0.15, 0.2) is 93.2 Å². The molecular weight excluding hydrogens is 655 g/mol. The quantitative estimate of drug-likeness (QED) is 0.149. The highest BCUT2D eigenvalue weighted by atomic mass is 19.1. The second-order valence-electron chi connectivity index (χ2n) is 11.0. The molecule has 0 aliphatic heterocycles. The molecule has 0 bridgehead atoms. The van der Waals surface area contributed by atoms with Crippen LogP contribution in [-0.4, -0.2) is 62.6 Å². The van der Waals surface area contributed by atoms with Gasteiger partial charge >= 0.3 is 17.9 Å². The molecule has 6 aromatic rings. The summed E-state index contributed by atoms with van der Waals surface area (Å²) in [5, 5.41) is 33.7. The van der Waals surface area contributed by atoms with Gasteiger partial charge in [-0.1, -0.05) is 30.3 Å². The SMILES string of the molecule is Cc1cc(C)cc(-n2[nH]c(C(=O)O)cc2=O)c1.Cc1ccc(C)c(-n2[nH]c(C(=O)O)cc2=O)c1.O=C(O)c1cc(=O)n(-c2ccccc2F)[nH]1. The van der Waals surface area contributed by atoms with Gasteiger partial charge in [0.1, 0.15) is 28.6 Å². The van der Waals surface area contributed by atoms with Gasteiger partial charge in [0, 0.05) is 18.2 Å². The van der Waals surface area contributed by atoms with Crippen LogP contribution in [0.5, 0.6) is 0 Å². The summed E-state index contributed by atoms with van der Waals surface area (Å²) in [6.07, 6.45) is 0. The lowest BCUT2D eigenvalue weighted by atomic mass is 10.1. The van der Waals surface area contributed by atoms with E-state index in [9.17, 15) is 33.2 Å². The summed E-state index contributed by atoms with van der Waals surface area (Å²) >= 11 is 0. The minimum Gasteiger partial charge on any atom is -0.477 e. The van der Waals surface area contributed by atoms with E-state index in [1.165, 1.54) is 27.6 Å². The fourth-order valence-corrected chi connectivity index (χ4v) is 4.74. The molecule has 6 N–H and O–H groups in total. The lowest BCUT2D eigenvalue weighted by molar-refractivity contribution is 0.0679. The Morgan fingerprint density at radius 1 is 0.540 bits per heavy atom. The summed E-state index contributed by atoms with van der Waals surface area (Å²) in [4.78, 5) is 66.8. The standard InChI is InChI=1S/2C12H12N2O3.C10H7FN2O3/c1-7-3-8(2)5-9(4-7)14-11(15)6-10(13-14)12(16)17;1-7-3-4-8(2)10(5-7)14-11(15)6-9(13-14)12(16)17;11-6-3-1-2-4-8(6)13-9(14)5-7(12-13)10(15)16/h2*3-6,13H,1-2H3,(H,16,17);1-5,12H,(H,15,16). The monoisotopic (exact) mass is 686 g/mol. The summed E-state index contributed by atoms with van der Waals surface area (Å²) in [6.45, 7) is 7.61. The van der Waals surface area contributed by atoms with Crippen LogP contribution in [0, 0.1) is 33.5 Å². The lowest BCUT2D eigenvalue weighted by Gasteiger charge is -2.06. The Bertz CT molecular complexity index is 2390. The Kier molecular flexibility index (Phi) is 10.7. The molecule has 16 heteroatoms. The van der Waals surface area contributed by atoms with Crippen LogP contribution in [0.25, 0.3) is 17.1 Å². The van der Waals surface area contributed by atoms with E-state index in [-0.39, 0.29) is 33.9 Å². The van der Waals surface area contributed by atoms with Crippen LogP contribution >= 0.6 is 0 Å². The molecular formula is C34H31FN6O9.